The second-order valence-corrected chi connectivity index (χ2v) is 7.14. The molecule has 0 bridgehead atoms. The van der Waals surface area contributed by atoms with Crippen molar-refractivity contribution in [3.8, 4) is 0 Å². The molecule has 1 heterocycles. The van der Waals surface area contributed by atoms with Crippen LogP contribution in [0.4, 0.5) is 0 Å². The van der Waals surface area contributed by atoms with Crippen LogP contribution in [0.3, 0.4) is 0 Å². The summed E-state index contributed by atoms with van der Waals surface area (Å²) in [4.78, 5) is 0. The average Bonchev–Trinajstić information content (AvgIpc) is 2.71. The largest absolute Gasteiger partial charge is 0.465 e. The molecule has 0 spiro atoms. The number of hydrogen-bond acceptors (Lipinski definition) is 1. The maximum Gasteiger partial charge on any atom is 0.109 e. The van der Waals surface area contributed by atoms with Crippen molar-refractivity contribution in [1.29, 1.82) is 0 Å². The summed E-state index contributed by atoms with van der Waals surface area (Å²) in [5.41, 5.74) is 1.28. The summed E-state index contributed by atoms with van der Waals surface area (Å²) in [6.45, 7) is 8.58. The van der Waals surface area contributed by atoms with E-state index in [1.807, 2.05) is 6.92 Å². The van der Waals surface area contributed by atoms with Crippen LogP contribution in [0.2, 0.25) is 0 Å². The highest BCUT2D eigenvalue weighted by molar-refractivity contribution is 6.21. The third kappa shape index (κ3) is 2.93. The fourth-order valence-corrected chi connectivity index (χ4v) is 3.29. The number of rotatable bonds is 2. The molecule has 0 amide bonds. The summed E-state index contributed by atoms with van der Waals surface area (Å²) in [6, 6.07) is 2.18. The number of hydrogen-bond donors (Lipinski definition) is 0. The van der Waals surface area contributed by atoms with Crippen LogP contribution >= 0.6 is 11.6 Å². The van der Waals surface area contributed by atoms with Gasteiger partial charge in [0, 0.05) is 11.0 Å². The van der Waals surface area contributed by atoms with E-state index >= 15 is 0 Å². The summed E-state index contributed by atoms with van der Waals surface area (Å²) in [7, 11) is 0. The fraction of sp³-hybridized carbons (Fsp3) is 0.750. The first-order valence-electron chi connectivity index (χ1n) is 7.14. The van der Waals surface area contributed by atoms with Crippen molar-refractivity contribution in [1.82, 2.24) is 0 Å². The topological polar surface area (TPSA) is 13.1 Å². The number of furan rings is 1. The van der Waals surface area contributed by atoms with Crippen LogP contribution < -0.4 is 0 Å². The minimum Gasteiger partial charge on any atom is -0.465 e. The molecule has 0 N–H and O–H groups in total. The van der Waals surface area contributed by atoms with Gasteiger partial charge in [0.15, 0.2) is 0 Å². The van der Waals surface area contributed by atoms with Gasteiger partial charge in [-0.1, -0.05) is 40.0 Å². The Labute approximate surface area is 116 Å². The summed E-state index contributed by atoms with van der Waals surface area (Å²) in [6.07, 6.45) is 6.57. The molecule has 0 saturated heterocycles. The highest BCUT2D eigenvalue weighted by Crippen LogP contribution is 2.41. The molecule has 1 aliphatic rings. The van der Waals surface area contributed by atoms with Gasteiger partial charge in [-0.05, 0) is 31.7 Å². The van der Waals surface area contributed by atoms with Crippen LogP contribution in [-0.4, -0.2) is 0 Å². The molecule has 2 rings (SSSR count). The molecule has 0 radical (unpaired) electrons. The maximum absolute atomic E-state index is 6.69. The Balaban J connectivity index is 2.19. The van der Waals surface area contributed by atoms with Crippen molar-refractivity contribution < 1.29 is 4.42 Å². The second-order valence-electron chi connectivity index (χ2n) is 6.67. The first-order valence-corrected chi connectivity index (χ1v) is 7.58. The molecule has 0 aliphatic heterocycles. The predicted molar refractivity (Wildman–Crippen MR) is 77.3 cm³/mol. The molecule has 1 saturated carbocycles. The van der Waals surface area contributed by atoms with E-state index in [4.69, 9.17) is 16.0 Å². The lowest BCUT2D eigenvalue weighted by Crippen LogP contribution is -2.12. The van der Waals surface area contributed by atoms with E-state index in [0.29, 0.717) is 5.92 Å². The predicted octanol–water partition coefficient (Wildman–Crippen LogP) is 5.75. The number of halogens is 1. The van der Waals surface area contributed by atoms with Crippen molar-refractivity contribution in [2.75, 3.05) is 0 Å². The maximum atomic E-state index is 6.69. The summed E-state index contributed by atoms with van der Waals surface area (Å²) in [5.74, 6) is 2.69. The van der Waals surface area contributed by atoms with Crippen molar-refractivity contribution in [2.24, 2.45) is 5.92 Å². The SMILES string of the molecule is Cc1oc(C(C)(C)C)cc1C(Cl)C1CCCCC1. The normalized spacial score (nSPS) is 20.1. The molecular formula is C16H25ClO. The van der Waals surface area contributed by atoms with Crippen LogP contribution in [0, 0.1) is 12.8 Å². The monoisotopic (exact) mass is 268 g/mol. The Hall–Kier alpha value is -0.430. The highest BCUT2D eigenvalue weighted by Gasteiger charge is 2.28. The lowest BCUT2D eigenvalue weighted by atomic mass is 9.84. The minimum absolute atomic E-state index is 0.0617. The van der Waals surface area contributed by atoms with Crippen LogP contribution in [-0.2, 0) is 5.41 Å². The Morgan fingerprint density at radius 3 is 2.33 bits per heavy atom. The second kappa shape index (κ2) is 5.28. The standard InChI is InChI=1S/C16H25ClO/c1-11-13(10-14(18-11)16(2,3)4)15(17)12-8-6-5-7-9-12/h10,12,15H,5-9H2,1-4H3. The van der Waals surface area contributed by atoms with E-state index in [-0.39, 0.29) is 10.8 Å². The van der Waals surface area contributed by atoms with Crippen molar-refractivity contribution in [2.45, 2.75) is 70.6 Å². The first-order chi connectivity index (χ1) is 8.39. The van der Waals surface area contributed by atoms with Crippen molar-refractivity contribution in [3.63, 3.8) is 0 Å². The zero-order valence-electron chi connectivity index (χ0n) is 12.1. The molecule has 1 aromatic rings. The first kappa shape index (κ1) is 14.0. The molecule has 2 heteroatoms. The molecule has 1 fully saturated rings. The summed E-state index contributed by atoms with van der Waals surface area (Å²) in [5, 5.41) is 0.130. The molecule has 1 aliphatic carbocycles. The van der Waals surface area contributed by atoms with Gasteiger partial charge >= 0.3 is 0 Å². The van der Waals surface area contributed by atoms with E-state index in [0.717, 1.165) is 11.5 Å². The Bertz CT molecular complexity index is 394. The Morgan fingerprint density at radius 2 is 1.83 bits per heavy atom. The number of aryl methyl sites for hydroxylation is 1. The Morgan fingerprint density at radius 1 is 1.22 bits per heavy atom. The van der Waals surface area contributed by atoms with E-state index in [9.17, 15) is 0 Å². The minimum atomic E-state index is 0.0617. The van der Waals surface area contributed by atoms with Crippen molar-refractivity contribution >= 4 is 11.6 Å². The molecule has 1 unspecified atom stereocenters. The number of alkyl halides is 1. The van der Waals surface area contributed by atoms with Gasteiger partial charge in [-0.25, -0.2) is 0 Å². The van der Waals surface area contributed by atoms with E-state index in [1.165, 1.54) is 37.7 Å². The third-order valence-electron chi connectivity index (χ3n) is 4.06. The molecular weight excluding hydrogens is 244 g/mol. The molecule has 1 nitrogen and oxygen atoms in total. The molecule has 102 valence electrons. The highest BCUT2D eigenvalue weighted by atomic mass is 35.5. The lowest BCUT2D eigenvalue weighted by molar-refractivity contribution is 0.345. The quantitative estimate of drug-likeness (QED) is 0.623. The van der Waals surface area contributed by atoms with Crippen LogP contribution in [0.25, 0.3) is 0 Å². The van der Waals surface area contributed by atoms with Crippen LogP contribution in [0.15, 0.2) is 10.5 Å². The van der Waals surface area contributed by atoms with Gasteiger partial charge in [-0.2, -0.15) is 0 Å². The molecule has 0 aromatic carbocycles. The zero-order valence-corrected chi connectivity index (χ0v) is 12.8. The average molecular weight is 269 g/mol. The molecule has 18 heavy (non-hydrogen) atoms. The zero-order chi connectivity index (χ0) is 13.3. The molecule has 1 aromatic heterocycles. The van der Waals surface area contributed by atoms with Gasteiger partial charge in [0.25, 0.3) is 0 Å². The van der Waals surface area contributed by atoms with E-state index in [2.05, 4.69) is 26.8 Å². The van der Waals surface area contributed by atoms with Gasteiger partial charge in [-0.3, -0.25) is 0 Å². The molecule has 1 atom stereocenters. The fourth-order valence-electron chi connectivity index (χ4n) is 2.82. The van der Waals surface area contributed by atoms with Crippen LogP contribution in [0.5, 0.6) is 0 Å². The smallest absolute Gasteiger partial charge is 0.109 e. The van der Waals surface area contributed by atoms with Gasteiger partial charge in [-0.15, -0.1) is 11.6 Å². The summed E-state index contributed by atoms with van der Waals surface area (Å²) >= 11 is 6.69. The third-order valence-corrected chi connectivity index (χ3v) is 4.65. The summed E-state index contributed by atoms with van der Waals surface area (Å²) < 4.78 is 5.91. The van der Waals surface area contributed by atoms with E-state index < -0.39 is 0 Å². The van der Waals surface area contributed by atoms with Gasteiger partial charge in [0.1, 0.15) is 11.5 Å². The van der Waals surface area contributed by atoms with Crippen LogP contribution in [0.1, 0.15) is 75.3 Å². The Kier molecular flexibility index (Phi) is 4.11. The van der Waals surface area contributed by atoms with E-state index in [1.54, 1.807) is 0 Å². The lowest BCUT2D eigenvalue weighted by Gasteiger charge is -2.25. The van der Waals surface area contributed by atoms with Gasteiger partial charge in [0.2, 0.25) is 0 Å². The van der Waals surface area contributed by atoms with Gasteiger partial charge < -0.3 is 4.42 Å². The van der Waals surface area contributed by atoms with Crippen molar-refractivity contribution in [3.05, 3.63) is 23.2 Å². The van der Waals surface area contributed by atoms with Gasteiger partial charge in [0.05, 0.1) is 5.38 Å².